The Morgan fingerprint density at radius 3 is 1.54 bits per heavy atom. The molecule has 0 bridgehead atoms. The monoisotopic (exact) mass is 324 g/mol. The minimum absolute atomic E-state index is 0.549. The van der Waals surface area contributed by atoms with E-state index in [2.05, 4.69) is 20.6 Å². The fourth-order valence-electron chi connectivity index (χ4n) is 2.82. The Bertz CT molecular complexity index is 899. The number of fused-ring (bicyclic) bond motifs is 2. The SMILES string of the molecule is COC(C(OC)n1nnc2ccccc21)n1nnc2ccccc21. The Hall–Kier alpha value is -2.84. The van der Waals surface area contributed by atoms with Crippen LogP contribution in [-0.2, 0) is 9.47 Å². The maximum absolute atomic E-state index is 5.68. The van der Waals surface area contributed by atoms with Gasteiger partial charge in [0.1, 0.15) is 11.0 Å². The highest BCUT2D eigenvalue weighted by Crippen LogP contribution is 2.29. The second-order valence-electron chi connectivity index (χ2n) is 5.30. The number of benzene rings is 2. The molecule has 0 spiro atoms. The van der Waals surface area contributed by atoms with Crippen LogP contribution in [0.25, 0.3) is 22.1 Å². The van der Waals surface area contributed by atoms with Gasteiger partial charge in [-0.3, -0.25) is 0 Å². The third kappa shape index (κ3) is 2.24. The second kappa shape index (κ2) is 5.99. The molecule has 2 aromatic heterocycles. The van der Waals surface area contributed by atoms with Crippen LogP contribution in [0.1, 0.15) is 12.5 Å². The zero-order chi connectivity index (χ0) is 16.5. The van der Waals surface area contributed by atoms with Crippen molar-refractivity contribution in [2.24, 2.45) is 0 Å². The summed E-state index contributed by atoms with van der Waals surface area (Å²) < 4.78 is 14.7. The molecule has 2 aromatic carbocycles. The summed E-state index contributed by atoms with van der Waals surface area (Å²) in [7, 11) is 3.21. The molecule has 0 aliphatic heterocycles. The maximum Gasteiger partial charge on any atom is 0.198 e. The molecule has 0 saturated carbocycles. The van der Waals surface area contributed by atoms with Crippen molar-refractivity contribution in [1.82, 2.24) is 30.0 Å². The lowest BCUT2D eigenvalue weighted by Gasteiger charge is -2.25. The Labute approximate surface area is 137 Å². The fraction of sp³-hybridized carbons (Fsp3) is 0.250. The van der Waals surface area contributed by atoms with Crippen LogP contribution < -0.4 is 0 Å². The smallest absolute Gasteiger partial charge is 0.198 e. The predicted octanol–water partition coefficient (Wildman–Crippen LogP) is 2.17. The highest BCUT2D eigenvalue weighted by Gasteiger charge is 2.29. The Kier molecular flexibility index (Phi) is 3.68. The van der Waals surface area contributed by atoms with Crippen molar-refractivity contribution in [1.29, 1.82) is 0 Å². The van der Waals surface area contributed by atoms with E-state index >= 15 is 0 Å². The molecule has 24 heavy (non-hydrogen) atoms. The first-order valence-electron chi connectivity index (χ1n) is 7.49. The third-order valence-electron chi connectivity index (χ3n) is 3.96. The number of ether oxygens (including phenoxy) is 2. The first kappa shape index (κ1) is 14.7. The van der Waals surface area contributed by atoms with Gasteiger partial charge in [0.15, 0.2) is 12.5 Å². The first-order valence-corrected chi connectivity index (χ1v) is 7.49. The minimum atomic E-state index is -0.549. The number of hydrogen-bond acceptors (Lipinski definition) is 6. The van der Waals surface area contributed by atoms with Gasteiger partial charge in [-0.15, -0.1) is 10.2 Å². The van der Waals surface area contributed by atoms with Gasteiger partial charge in [0.2, 0.25) is 0 Å². The molecule has 8 heteroatoms. The van der Waals surface area contributed by atoms with Crippen LogP contribution in [-0.4, -0.2) is 44.2 Å². The molecule has 2 unspecified atom stereocenters. The number of methoxy groups -OCH3 is 2. The molecule has 8 nitrogen and oxygen atoms in total. The largest absolute Gasteiger partial charge is 0.355 e. The summed E-state index contributed by atoms with van der Waals surface area (Å²) in [6, 6.07) is 15.4. The molecule has 122 valence electrons. The summed E-state index contributed by atoms with van der Waals surface area (Å²) >= 11 is 0. The number of hydrogen-bond donors (Lipinski definition) is 0. The van der Waals surface area contributed by atoms with Gasteiger partial charge in [0.05, 0.1) is 11.0 Å². The Morgan fingerprint density at radius 1 is 0.708 bits per heavy atom. The lowest BCUT2D eigenvalue weighted by Crippen LogP contribution is -2.27. The van der Waals surface area contributed by atoms with Crippen LogP contribution in [0, 0.1) is 0 Å². The van der Waals surface area contributed by atoms with Gasteiger partial charge in [0.25, 0.3) is 0 Å². The molecule has 0 aliphatic carbocycles. The van der Waals surface area contributed by atoms with E-state index in [0.29, 0.717) is 0 Å². The van der Waals surface area contributed by atoms with E-state index in [1.807, 2.05) is 48.5 Å². The summed E-state index contributed by atoms with van der Waals surface area (Å²) in [4.78, 5) is 0. The van der Waals surface area contributed by atoms with Gasteiger partial charge in [-0.25, -0.2) is 9.36 Å². The Morgan fingerprint density at radius 2 is 1.12 bits per heavy atom. The third-order valence-corrected chi connectivity index (χ3v) is 3.96. The van der Waals surface area contributed by atoms with Crippen molar-refractivity contribution < 1.29 is 9.47 Å². The van der Waals surface area contributed by atoms with Gasteiger partial charge in [0, 0.05) is 14.2 Å². The molecule has 0 radical (unpaired) electrons. The standard InChI is InChI=1S/C16H16N6O2/c1-23-15(21-13-9-5-3-7-11(13)17-19-21)16(24-2)22-14-10-6-4-8-12(14)18-20-22/h3-10,15-16H,1-2H3. The highest BCUT2D eigenvalue weighted by atomic mass is 16.6. The van der Waals surface area contributed by atoms with Gasteiger partial charge >= 0.3 is 0 Å². The van der Waals surface area contributed by atoms with Crippen LogP contribution in [0.2, 0.25) is 0 Å². The molecule has 0 aliphatic rings. The second-order valence-corrected chi connectivity index (χ2v) is 5.30. The summed E-state index contributed by atoms with van der Waals surface area (Å²) in [6.45, 7) is 0. The van der Waals surface area contributed by atoms with Crippen LogP contribution in [0.4, 0.5) is 0 Å². The molecule has 0 saturated heterocycles. The van der Waals surface area contributed by atoms with Gasteiger partial charge in [-0.2, -0.15) is 0 Å². The number of nitrogens with zero attached hydrogens (tertiary/aromatic N) is 6. The quantitative estimate of drug-likeness (QED) is 0.560. The van der Waals surface area contributed by atoms with Gasteiger partial charge in [-0.1, -0.05) is 34.7 Å². The predicted molar refractivity (Wildman–Crippen MR) is 87.1 cm³/mol. The molecule has 0 N–H and O–H groups in total. The Balaban J connectivity index is 1.83. The summed E-state index contributed by atoms with van der Waals surface area (Å²) in [5.41, 5.74) is 3.29. The molecule has 2 atom stereocenters. The molecule has 4 rings (SSSR count). The summed E-state index contributed by atoms with van der Waals surface area (Å²) in [5.74, 6) is 0. The zero-order valence-corrected chi connectivity index (χ0v) is 13.3. The van der Waals surface area contributed by atoms with E-state index in [9.17, 15) is 0 Å². The molecule has 4 aromatic rings. The normalized spacial score (nSPS) is 14.2. The highest BCUT2D eigenvalue weighted by molar-refractivity contribution is 5.74. The van der Waals surface area contributed by atoms with Crippen LogP contribution in [0.15, 0.2) is 48.5 Å². The minimum Gasteiger partial charge on any atom is -0.355 e. The van der Waals surface area contributed by atoms with E-state index in [4.69, 9.17) is 9.47 Å². The topological polar surface area (TPSA) is 79.9 Å². The first-order chi connectivity index (χ1) is 11.8. The van der Waals surface area contributed by atoms with Crippen LogP contribution >= 0.6 is 0 Å². The van der Waals surface area contributed by atoms with E-state index < -0.39 is 12.5 Å². The summed E-state index contributed by atoms with van der Waals surface area (Å²) in [6.07, 6.45) is -1.10. The van der Waals surface area contributed by atoms with Crippen molar-refractivity contribution in [3.63, 3.8) is 0 Å². The van der Waals surface area contributed by atoms with Gasteiger partial charge in [-0.05, 0) is 24.3 Å². The van der Waals surface area contributed by atoms with Crippen molar-refractivity contribution in [3.8, 4) is 0 Å². The number of para-hydroxylation sites is 2. The molecular weight excluding hydrogens is 308 g/mol. The van der Waals surface area contributed by atoms with Crippen LogP contribution in [0.3, 0.4) is 0 Å². The van der Waals surface area contributed by atoms with E-state index in [0.717, 1.165) is 22.1 Å². The molecule has 2 heterocycles. The van der Waals surface area contributed by atoms with E-state index in [1.165, 1.54) is 0 Å². The van der Waals surface area contributed by atoms with Crippen molar-refractivity contribution in [2.75, 3.05) is 14.2 Å². The van der Waals surface area contributed by atoms with E-state index in [1.54, 1.807) is 23.6 Å². The summed E-state index contributed by atoms with van der Waals surface area (Å²) in [5, 5.41) is 16.8. The lowest BCUT2D eigenvalue weighted by molar-refractivity contribution is -0.122. The number of rotatable bonds is 5. The number of aromatic nitrogens is 6. The fourth-order valence-corrected chi connectivity index (χ4v) is 2.82. The van der Waals surface area contributed by atoms with Crippen molar-refractivity contribution >= 4 is 22.1 Å². The average Bonchev–Trinajstić information content (AvgIpc) is 3.24. The maximum atomic E-state index is 5.68. The van der Waals surface area contributed by atoms with E-state index in [-0.39, 0.29) is 0 Å². The van der Waals surface area contributed by atoms with Gasteiger partial charge < -0.3 is 9.47 Å². The lowest BCUT2D eigenvalue weighted by atomic mass is 10.3. The molecular formula is C16H16N6O2. The zero-order valence-electron chi connectivity index (χ0n) is 13.3. The molecule has 0 fully saturated rings. The van der Waals surface area contributed by atoms with Crippen molar-refractivity contribution in [3.05, 3.63) is 48.5 Å². The van der Waals surface area contributed by atoms with Crippen molar-refractivity contribution in [2.45, 2.75) is 12.5 Å². The van der Waals surface area contributed by atoms with Crippen LogP contribution in [0.5, 0.6) is 0 Å². The average molecular weight is 324 g/mol. The molecule has 0 amide bonds.